The molecule has 0 N–H and O–H groups in total. The van der Waals surface area contributed by atoms with Gasteiger partial charge in [0.15, 0.2) is 0 Å². The molecule has 1 aliphatic heterocycles. The van der Waals surface area contributed by atoms with E-state index in [0.29, 0.717) is 6.61 Å². The van der Waals surface area contributed by atoms with Crippen molar-refractivity contribution in [3.8, 4) is 0 Å². The minimum atomic E-state index is -0.347. The molecule has 2 nitrogen and oxygen atoms in total. The SMILES string of the molecule is C=CCOC(C)(CCc1ccccc1)C1=CCCO1. The molecule has 2 rings (SSSR count). The summed E-state index contributed by atoms with van der Waals surface area (Å²) in [5, 5.41) is 0. The Labute approximate surface area is 115 Å². The molecule has 1 heterocycles. The van der Waals surface area contributed by atoms with Crippen molar-refractivity contribution < 1.29 is 9.47 Å². The van der Waals surface area contributed by atoms with Crippen molar-refractivity contribution in [2.45, 2.75) is 31.8 Å². The molecule has 0 radical (unpaired) electrons. The Hall–Kier alpha value is -1.54. The Bertz CT molecular complexity index is 436. The Morgan fingerprint density at radius 3 is 2.79 bits per heavy atom. The summed E-state index contributed by atoms with van der Waals surface area (Å²) in [5.41, 5.74) is 0.982. The summed E-state index contributed by atoms with van der Waals surface area (Å²) in [6.45, 7) is 7.15. The third-order valence-corrected chi connectivity index (χ3v) is 3.48. The summed E-state index contributed by atoms with van der Waals surface area (Å²) in [4.78, 5) is 0. The molecule has 1 unspecified atom stereocenters. The van der Waals surface area contributed by atoms with Gasteiger partial charge in [-0.25, -0.2) is 0 Å². The smallest absolute Gasteiger partial charge is 0.124 e. The van der Waals surface area contributed by atoms with Crippen molar-refractivity contribution in [3.63, 3.8) is 0 Å². The number of aryl methyl sites for hydroxylation is 1. The molecule has 2 heteroatoms. The lowest BCUT2D eigenvalue weighted by Gasteiger charge is -2.30. The summed E-state index contributed by atoms with van der Waals surface area (Å²) in [7, 11) is 0. The first-order chi connectivity index (χ1) is 9.24. The molecule has 0 fully saturated rings. The summed E-state index contributed by atoms with van der Waals surface area (Å²) in [5.74, 6) is 0.977. The van der Waals surface area contributed by atoms with Crippen molar-refractivity contribution in [2.75, 3.05) is 13.2 Å². The normalized spacial score (nSPS) is 17.4. The van der Waals surface area contributed by atoms with E-state index in [9.17, 15) is 0 Å². The van der Waals surface area contributed by atoms with Crippen molar-refractivity contribution in [1.29, 1.82) is 0 Å². The van der Waals surface area contributed by atoms with Crippen LogP contribution in [0.4, 0.5) is 0 Å². The number of hydrogen-bond donors (Lipinski definition) is 0. The first-order valence-electron chi connectivity index (χ1n) is 6.87. The van der Waals surface area contributed by atoms with Crippen LogP contribution >= 0.6 is 0 Å². The van der Waals surface area contributed by atoms with Gasteiger partial charge in [0.25, 0.3) is 0 Å². The Balaban J connectivity index is 2.03. The maximum Gasteiger partial charge on any atom is 0.124 e. The van der Waals surface area contributed by atoms with Gasteiger partial charge in [-0.1, -0.05) is 36.4 Å². The molecule has 1 aromatic rings. The minimum absolute atomic E-state index is 0.347. The van der Waals surface area contributed by atoms with Crippen molar-refractivity contribution >= 4 is 0 Å². The van der Waals surface area contributed by atoms with Gasteiger partial charge in [0, 0.05) is 6.42 Å². The van der Waals surface area contributed by atoms with E-state index in [1.165, 1.54) is 5.56 Å². The van der Waals surface area contributed by atoms with E-state index in [0.717, 1.165) is 31.6 Å². The second-order valence-electron chi connectivity index (χ2n) is 5.02. The van der Waals surface area contributed by atoms with Gasteiger partial charge in [-0.15, -0.1) is 6.58 Å². The molecule has 0 aromatic heterocycles. The molecule has 0 saturated heterocycles. The number of hydrogen-bond acceptors (Lipinski definition) is 2. The van der Waals surface area contributed by atoms with Crippen LogP contribution in [0.2, 0.25) is 0 Å². The highest BCUT2D eigenvalue weighted by atomic mass is 16.5. The van der Waals surface area contributed by atoms with Crippen LogP contribution in [0.3, 0.4) is 0 Å². The Morgan fingerprint density at radius 2 is 2.16 bits per heavy atom. The molecule has 0 amide bonds. The van der Waals surface area contributed by atoms with Crippen molar-refractivity contribution in [3.05, 3.63) is 60.4 Å². The average molecular weight is 258 g/mol. The molecule has 0 saturated carbocycles. The van der Waals surface area contributed by atoms with E-state index in [1.54, 1.807) is 6.08 Å². The molecule has 102 valence electrons. The summed E-state index contributed by atoms with van der Waals surface area (Å²) < 4.78 is 11.7. The first-order valence-corrected chi connectivity index (χ1v) is 6.87. The van der Waals surface area contributed by atoms with E-state index in [4.69, 9.17) is 9.47 Å². The van der Waals surface area contributed by atoms with Crippen molar-refractivity contribution in [2.24, 2.45) is 0 Å². The van der Waals surface area contributed by atoms with Crippen LogP contribution in [0.5, 0.6) is 0 Å². The molecule has 1 aromatic carbocycles. The maximum absolute atomic E-state index is 5.97. The van der Waals surface area contributed by atoms with E-state index in [1.807, 2.05) is 6.07 Å². The van der Waals surface area contributed by atoms with E-state index >= 15 is 0 Å². The Kier molecular flexibility index (Phi) is 4.80. The monoisotopic (exact) mass is 258 g/mol. The number of rotatable bonds is 7. The fourth-order valence-electron chi connectivity index (χ4n) is 2.32. The van der Waals surface area contributed by atoms with Crippen LogP contribution in [0.15, 0.2) is 54.8 Å². The van der Waals surface area contributed by atoms with E-state index in [-0.39, 0.29) is 5.60 Å². The highest BCUT2D eigenvalue weighted by Crippen LogP contribution is 2.31. The van der Waals surface area contributed by atoms with Gasteiger partial charge in [0.2, 0.25) is 0 Å². The quantitative estimate of drug-likeness (QED) is 0.691. The van der Waals surface area contributed by atoms with E-state index in [2.05, 4.69) is 43.8 Å². The fourth-order valence-corrected chi connectivity index (χ4v) is 2.32. The van der Waals surface area contributed by atoms with Gasteiger partial charge in [0.05, 0.1) is 13.2 Å². The molecule has 0 bridgehead atoms. The lowest BCUT2D eigenvalue weighted by molar-refractivity contribution is -0.0309. The maximum atomic E-state index is 5.97. The summed E-state index contributed by atoms with van der Waals surface area (Å²) in [6.07, 6.45) is 6.81. The van der Waals surface area contributed by atoms with Gasteiger partial charge in [-0.2, -0.15) is 0 Å². The molecule has 1 atom stereocenters. The zero-order valence-electron chi connectivity index (χ0n) is 11.6. The second kappa shape index (κ2) is 6.58. The summed E-state index contributed by atoms with van der Waals surface area (Å²) in [6, 6.07) is 10.5. The standard InChI is InChI=1S/C17H22O2/c1-3-13-19-17(2,16-10-7-14-18-16)12-11-15-8-5-4-6-9-15/h3-6,8-10H,1,7,11-14H2,2H3. The second-order valence-corrected chi connectivity index (χ2v) is 5.02. The van der Waals surface area contributed by atoms with Crippen LogP contribution in [0, 0.1) is 0 Å². The minimum Gasteiger partial charge on any atom is -0.495 e. The van der Waals surface area contributed by atoms with Gasteiger partial charge < -0.3 is 9.47 Å². The highest BCUT2D eigenvalue weighted by Gasteiger charge is 2.32. The Morgan fingerprint density at radius 1 is 1.37 bits per heavy atom. The molecule has 0 spiro atoms. The summed E-state index contributed by atoms with van der Waals surface area (Å²) >= 11 is 0. The third kappa shape index (κ3) is 3.71. The molecular weight excluding hydrogens is 236 g/mol. The van der Waals surface area contributed by atoms with Crippen LogP contribution in [-0.2, 0) is 15.9 Å². The molecule has 19 heavy (non-hydrogen) atoms. The zero-order chi connectivity index (χ0) is 13.6. The van der Waals surface area contributed by atoms with Gasteiger partial charge in [0.1, 0.15) is 11.4 Å². The topological polar surface area (TPSA) is 18.5 Å². The lowest BCUT2D eigenvalue weighted by Crippen LogP contribution is -2.32. The third-order valence-electron chi connectivity index (χ3n) is 3.48. The lowest BCUT2D eigenvalue weighted by atomic mass is 9.94. The molecule has 1 aliphatic rings. The fraction of sp³-hybridized carbons (Fsp3) is 0.412. The number of ether oxygens (including phenoxy) is 2. The number of benzene rings is 1. The van der Waals surface area contributed by atoms with Gasteiger partial charge in [-0.3, -0.25) is 0 Å². The predicted molar refractivity (Wildman–Crippen MR) is 78.0 cm³/mol. The highest BCUT2D eigenvalue weighted by molar-refractivity contribution is 5.18. The first kappa shape index (κ1) is 13.9. The molecular formula is C17H22O2. The van der Waals surface area contributed by atoms with Gasteiger partial charge >= 0.3 is 0 Å². The van der Waals surface area contributed by atoms with Gasteiger partial charge in [-0.05, 0) is 31.4 Å². The molecule has 0 aliphatic carbocycles. The predicted octanol–water partition coefficient (Wildman–Crippen LogP) is 3.88. The zero-order valence-corrected chi connectivity index (χ0v) is 11.6. The largest absolute Gasteiger partial charge is 0.495 e. The van der Waals surface area contributed by atoms with Crippen LogP contribution < -0.4 is 0 Å². The van der Waals surface area contributed by atoms with Crippen molar-refractivity contribution in [1.82, 2.24) is 0 Å². The van der Waals surface area contributed by atoms with Crippen LogP contribution in [0.25, 0.3) is 0 Å². The average Bonchev–Trinajstić information content (AvgIpc) is 2.99. The van der Waals surface area contributed by atoms with Crippen LogP contribution in [-0.4, -0.2) is 18.8 Å². The van der Waals surface area contributed by atoms with E-state index < -0.39 is 0 Å². The van der Waals surface area contributed by atoms with Crippen LogP contribution in [0.1, 0.15) is 25.3 Å².